The Labute approximate surface area is 274 Å². The third kappa shape index (κ3) is 6.81. The maximum Gasteiger partial charge on any atom is 0.416 e. The number of aromatic nitrogens is 1. The molecule has 48 heavy (non-hydrogen) atoms. The van der Waals surface area contributed by atoms with Crippen LogP contribution >= 0.6 is 11.3 Å². The normalized spacial score (nSPS) is 14.6. The van der Waals surface area contributed by atoms with Crippen LogP contribution in [0.15, 0.2) is 81.7 Å². The maximum absolute atomic E-state index is 14.0. The number of alkyl halides is 3. The van der Waals surface area contributed by atoms with Gasteiger partial charge in [-0.15, -0.1) is 0 Å². The van der Waals surface area contributed by atoms with Crippen LogP contribution in [0.25, 0.3) is 6.08 Å². The summed E-state index contributed by atoms with van der Waals surface area (Å²) in [5, 5.41) is 11.6. The molecule has 1 atom stereocenters. The average Bonchev–Trinajstić information content (AvgIpc) is 3.34. The largest absolute Gasteiger partial charge is 0.497 e. The van der Waals surface area contributed by atoms with E-state index >= 15 is 0 Å². The molecule has 1 aliphatic rings. The number of fused-ring (bicyclic) bond motifs is 1. The Bertz CT molecular complexity index is 2100. The number of carbonyl (C=O) groups is 1. The molecule has 5 rings (SSSR count). The minimum Gasteiger partial charge on any atom is -0.497 e. The molecule has 0 amide bonds. The highest BCUT2D eigenvalue weighted by atomic mass is 32.1. The summed E-state index contributed by atoms with van der Waals surface area (Å²) in [6.45, 7) is 5.34. The fraction of sp³-hybridized carbons (Fsp3) is 0.242. The molecular formula is C33H28F3N3O8S. The number of methoxy groups -OCH3 is 1. The van der Waals surface area contributed by atoms with Gasteiger partial charge in [0.05, 0.1) is 52.7 Å². The number of nitro benzene ring substituents is 1. The van der Waals surface area contributed by atoms with Crippen LogP contribution in [0.3, 0.4) is 0 Å². The van der Waals surface area contributed by atoms with Crippen molar-refractivity contribution >= 4 is 29.1 Å². The van der Waals surface area contributed by atoms with Crippen LogP contribution in [0, 0.1) is 10.1 Å². The molecule has 0 fully saturated rings. The number of carbonyl (C=O) groups excluding carboxylic acids is 1. The first kappa shape index (κ1) is 33.9. The highest BCUT2D eigenvalue weighted by molar-refractivity contribution is 7.07. The van der Waals surface area contributed by atoms with Gasteiger partial charge in [0.25, 0.3) is 5.56 Å². The second kappa shape index (κ2) is 13.7. The Balaban J connectivity index is 1.58. The summed E-state index contributed by atoms with van der Waals surface area (Å²) in [6.07, 6.45) is -3.20. The zero-order valence-electron chi connectivity index (χ0n) is 26.0. The summed E-state index contributed by atoms with van der Waals surface area (Å²) in [5.41, 5.74) is -0.743. The Morgan fingerprint density at radius 2 is 1.75 bits per heavy atom. The molecule has 1 unspecified atom stereocenters. The number of esters is 1. The second-order valence-electron chi connectivity index (χ2n) is 10.3. The van der Waals surface area contributed by atoms with Crippen LogP contribution in [0.5, 0.6) is 23.0 Å². The van der Waals surface area contributed by atoms with Crippen molar-refractivity contribution in [2.24, 2.45) is 4.99 Å². The van der Waals surface area contributed by atoms with Crippen molar-refractivity contribution < 1.29 is 41.8 Å². The number of hydrogen-bond donors (Lipinski definition) is 0. The minimum absolute atomic E-state index is 0.00697. The summed E-state index contributed by atoms with van der Waals surface area (Å²) < 4.78 is 63.2. The smallest absolute Gasteiger partial charge is 0.416 e. The highest BCUT2D eigenvalue weighted by Crippen LogP contribution is 2.40. The molecule has 0 saturated heterocycles. The average molecular weight is 684 g/mol. The molecule has 3 aromatic carbocycles. The number of thiazole rings is 1. The van der Waals surface area contributed by atoms with Gasteiger partial charge < -0.3 is 18.9 Å². The molecule has 0 saturated carbocycles. The molecule has 0 bridgehead atoms. The molecule has 0 spiro atoms. The lowest BCUT2D eigenvalue weighted by Crippen LogP contribution is -2.39. The van der Waals surface area contributed by atoms with E-state index in [-0.39, 0.29) is 34.8 Å². The summed E-state index contributed by atoms with van der Waals surface area (Å²) in [7, 11) is 1.53. The molecule has 0 aliphatic carbocycles. The summed E-state index contributed by atoms with van der Waals surface area (Å²) >= 11 is 1.11. The molecule has 4 aromatic rings. The lowest BCUT2D eigenvalue weighted by molar-refractivity contribution is -0.385. The number of ether oxygens (including phenoxy) is 4. The van der Waals surface area contributed by atoms with Gasteiger partial charge >= 0.3 is 17.8 Å². The Kier molecular flexibility index (Phi) is 9.70. The van der Waals surface area contributed by atoms with E-state index in [1.807, 2.05) is 0 Å². The number of halogens is 3. The van der Waals surface area contributed by atoms with Gasteiger partial charge in [-0.3, -0.25) is 19.5 Å². The monoisotopic (exact) mass is 683 g/mol. The van der Waals surface area contributed by atoms with E-state index in [0.29, 0.717) is 39.5 Å². The van der Waals surface area contributed by atoms with E-state index in [1.54, 1.807) is 57.2 Å². The van der Waals surface area contributed by atoms with E-state index in [0.717, 1.165) is 17.4 Å². The van der Waals surface area contributed by atoms with Crippen molar-refractivity contribution in [1.29, 1.82) is 0 Å². The lowest BCUT2D eigenvalue weighted by atomic mass is 9.96. The van der Waals surface area contributed by atoms with Crippen molar-refractivity contribution in [3.63, 3.8) is 0 Å². The number of allylic oxidation sites excluding steroid dienone is 1. The summed E-state index contributed by atoms with van der Waals surface area (Å²) in [6, 6.07) is 12.6. The van der Waals surface area contributed by atoms with Gasteiger partial charge in [-0.05, 0) is 74.4 Å². The van der Waals surface area contributed by atoms with Gasteiger partial charge in [0.1, 0.15) is 5.75 Å². The van der Waals surface area contributed by atoms with E-state index in [4.69, 9.17) is 18.9 Å². The quantitative estimate of drug-likeness (QED) is 0.114. The third-order valence-corrected chi connectivity index (χ3v) is 8.20. The van der Waals surface area contributed by atoms with Gasteiger partial charge in [-0.1, -0.05) is 29.5 Å². The molecule has 11 nitrogen and oxygen atoms in total. The van der Waals surface area contributed by atoms with E-state index in [9.17, 15) is 32.9 Å². The highest BCUT2D eigenvalue weighted by Gasteiger charge is 2.35. The van der Waals surface area contributed by atoms with Crippen molar-refractivity contribution in [2.75, 3.05) is 20.3 Å². The van der Waals surface area contributed by atoms with Gasteiger partial charge in [0, 0.05) is 6.07 Å². The molecule has 250 valence electrons. The summed E-state index contributed by atoms with van der Waals surface area (Å²) in [4.78, 5) is 42.6. The zero-order chi connectivity index (χ0) is 34.7. The van der Waals surface area contributed by atoms with Crippen LogP contribution in [-0.2, 0) is 15.7 Å². The minimum atomic E-state index is -4.78. The Morgan fingerprint density at radius 3 is 2.38 bits per heavy atom. The fourth-order valence-electron chi connectivity index (χ4n) is 5.05. The molecule has 0 N–H and O–H groups in total. The standard InChI is InChI=1S/C33H28F3N3O8S/c1-5-45-26-15-19(7-13-25(26)47-24-14-10-21(33(34,35)36)17-23(24)39(42)43)16-27-30(40)38-29(20-8-11-22(44-4)12-9-20)28(31(41)46-6-2)18(3)37-32(38)48-27/h7-17,29H,5-6H2,1-4H3/b27-16+. The fourth-order valence-corrected chi connectivity index (χ4v) is 6.10. The number of rotatable bonds is 10. The number of benzene rings is 3. The molecular weight excluding hydrogens is 655 g/mol. The van der Waals surface area contributed by atoms with Crippen molar-refractivity contribution in [3.8, 4) is 23.0 Å². The molecule has 1 aliphatic heterocycles. The number of hydrogen-bond acceptors (Lipinski definition) is 10. The number of nitrogens with zero attached hydrogens (tertiary/aromatic N) is 3. The van der Waals surface area contributed by atoms with Gasteiger partial charge in [-0.2, -0.15) is 13.2 Å². The van der Waals surface area contributed by atoms with E-state index in [1.165, 1.54) is 23.8 Å². The van der Waals surface area contributed by atoms with Gasteiger partial charge in [0.2, 0.25) is 5.75 Å². The van der Waals surface area contributed by atoms with Crippen LogP contribution in [0.2, 0.25) is 0 Å². The topological polar surface area (TPSA) is 131 Å². The maximum atomic E-state index is 14.0. The third-order valence-electron chi connectivity index (χ3n) is 7.22. The van der Waals surface area contributed by atoms with Crippen LogP contribution in [0.1, 0.15) is 43.5 Å². The predicted molar refractivity (Wildman–Crippen MR) is 169 cm³/mol. The van der Waals surface area contributed by atoms with Gasteiger partial charge in [0.15, 0.2) is 16.3 Å². The first-order chi connectivity index (χ1) is 22.9. The lowest BCUT2D eigenvalue weighted by Gasteiger charge is -2.24. The van der Waals surface area contributed by atoms with Crippen LogP contribution in [-0.4, -0.2) is 35.8 Å². The molecule has 0 radical (unpaired) electrons. The van der Waals surface area contributed by atoms with Crippen molar-refractivity contribution in [1.82, 2.24) is 4.57 Å². The van der Waals surface area contributed by atoms with Crippen molar-refractivity contribution in [2.45, 2.75) is 33.0 Å². The van der Waals surface area contributed by atoms with Gasteiger partial charge in [-0.25, -0.2) is 9.79 Å². The SMILES string of the molecule is CCOC(=O)C1=C(C)N=c2s/c(=C/c3ccc(Oc4ccc(C(F)(F)F)cc4[N+](=O)[O-])c(OCC)c3)c(=O)n2C1c1ccc(OC)cc1. The first-order valence-corrected chi connectivity index (χ1v) is 15.3. The van der Waals surface area contributed by atoms with Crippen molar-refractivity contribution in [3.05, 3.63) is 118 Å². The Morgan fingerprint density at radius 1 is 1.04 bits per heavy atom. The zero-order valence-corrected chi connectivity index (χ0v) is 26.8. The Hall–Kier alpha value is -5.44. The second-order valence-corrected chi connectivity index (χ2v) is 11.3. The first-order valence-electron chi connectivity index (χ1n) is 14.5. The molecule has 1 aromatic heterocycles. The van der Waals surface area contributed by atoms with Crippen LogP contribution in [0.4, 0.5) is 18.9 Å². The predicted octanol–water partition coefficient (Wildman–Crippen LogP) is 5.92. The van der Waals surface area contributed by atoms with Crippen LogP contribution < -0.4 is 29.1 Å². The molecule has 15 heteroatoms. The van der Waals surface area contributed by atoms with E-state index in [2.05, 4.69) is 4.99 Å². The van der Waals surface area contributed by atoms with E-state index < -0.39 is 45.7 Å². The summed E-state index contributed by atoms with van der Waals surface area (Å²) in [5.74, 6) is -0.285. The number of nitro groups is 1. The molecule has 2 heterocycles.